The van der Waals surface area contributed by atoms with Gasteiger partial charge >= 0.3 is 0 Å². The third kappa shape index (κ3) is 3.13. The number of rotatable bonds is 3. The first-order chi connectivity index (χ1) is 8.19. The molecular formula is C10H16N4O2S. The average molecular weight is 256 g/mol. The second kappa shape index (κ2) is 5.42. The summed E-state index contributed by atoms with van der Waals surface area (Å²) in [6.45, 7) is 1.84. The van der Waals surface area contributed by atoms with E-state index in [1.807, 2.05) is 0 Å². The zero-order valence-electron chi connectivity index (χ0n) is 9.76. The molecule has 1 saturated heterocycles. The minimum Gasteiger partial charge on any atom is -0.384 e. The van der Waals surface area contributed by atoms with E-state index >= 15 is 0 Å². The third-order valence-electron chi connectivity index (χ3n) is 2.55. The second-order valence-electron chi connectivity index (χ2n) is 3.84. The fraction of sp³-hybridized carbons (Fsp3) is 0.600. The topological polar surface area (TPSA) is 81.3 Å². The quantitative estimate of drug-likeness (QED) is 0.805. The van der Waals surface area contributed by atoms with Crippen LogP contribution in [0.15, 0.2) is 6.07 Å². The molecule has 6 nitrogen and oxygen atoms in total. The van der Waals surface area contributed by atoms with Gasteiger partial charge in [0.15, 0.2) is 5.82 Å². The summed E-state index contributed by atoms with van der Waals surface area (Å²) >= 11 is 0. The van der Waals surface area contributed by atoms with E-state index in [-0.39, 0.29) is 0 Å². The number of ether oxygens (including phenoxy) is 1. The molecule has 0 aliphatic carbocycles. The van der Waals surface area contributed by atoms with E-state index in [4.69, 9.17) is 10.5 Å². The lowest BCUT2D eigenvalue weighted by atomic mass is 10.4. The molecule has 1 aliphatic rings. The number of hydrogen-bond donors (Lipinski definition) is 1. The lowest BCUT2D eigenvalue weighted by Crippen LogP contribution is -2.38. The van der Waals surface area contributed by atoms with E-state index in [0.29, 0.717) is 29.8 Å². The summed E-state index contributed by atoms with van der Waals surface area (Å²) in [6.07, 6.45) is 0. The van der Waals surface area contributed by atoms with Crippen molar-refractivity contribution in [1.29, 1.82) is 0 Å². The van der Waals surface area contributed by atoms with Crippen molar-refractivity contribution in [3.05, 3.63) is 11.9 Å². The molecule has 0 aromatic carbocycles. The van der Waals surface area contributed by atoms with Gasteiger partial charge in [0, 0.05) is 48.6 Å². The molecule has 0 unspecified atom stereocenters. The molecule has 1 fully saturated rings. The van der Waals surface area contributed by atoms with E-state index in [9.17, 15) is 4.21 Å². The Bertz CT molecular complexity index is 417. The molecule has 94 valence electrons. The van der Waals surface area contributed by atoms with Gasteiger partial charge in [-0.1, -0.05) is 0 Å². The second-order valence-corrected chi connectivity index (χ2v) is 5.53. The summed E-state index contributed by atoms with van der Waals surface area (Å²) in [5.74, 6) is 3.18. The van der Waals surface area contributed by atoms with Gasteiger partial charge in [-0.3, -0.25) is 4.21 Å². The van der Waals surface area contributed by atoms with Crippen molar-refractivity contribution < 1.29 is 8.95 Å². The number of aromatic nitrogens is 2. The van der Waals surface area contributed by atoms with Crippen LogP contribution in [0.5, 0.6) is 0 Å². The Labute approximate surface area is 103 Å². The van der Waals surface area contributed by atoms with Crippen LogP contribution in [0.1, 0.15) is 5.82 Å². The molecule has 1 aromatic heterocycles. The molecule has 17 heavy (non-hydrogen) atoms. The van der Waals surface area contributed by atoms with Crippen LogP contribution in [0.25, 0.3) is 0 Å². The first-order valence-corrected chi connectivity index (χ1v) is 6.90. The average Bonchev–Trinajstić information content (AvgIpc) is 2.29. The van der Waals surface area contributed by atoms with E-state index in [1.54, 1.807) is 13.2 Å². The lowest BCUT2D eigenvalue weighted by Gasteiger charge is -2.27. The predicted octanol–water partition coefficient (Wildman–Crippen LogP) is -0.226. The van der Waals surface area contributed by atoms with Crippen LogP contribution in [0.3, 0.4) is 0 Å². The van der Waals surface area contributed by atoms with Crippen molar-refractivity contribution in [3.63, 3.8) is 0 Å². The molecule has 2 N–H and O–H groups in total. The van der Waals surface area contributed by atoms with Crippen LogP contribution in [-0.2, 0) is 22.1 Å². The van der Waals surface area contributed by atoms with Gasteiger partial charge in [0.2, 0.25) is 0 Å². The van der Waals surface area contributed by atoms with Crippen LogP contribution in [0.2, 0.25) is 0 Å². The Morgan fingerprint density at radius 1 is 1.47 bits per heavy atom. The van der Waals surface area contributed by atoms with Crippen LogP contribution in [0, 0.1) is 0 Å². The molecule has 1 aliphatic heterocycles. The molecule has 0 bridgehead atoms. The molecule has 0 spiro atoms. The van der Waals surface area contributed by atoms with E-state index in [0.717, 1.165) is 18.9 Å². The van der Waals surface area contributed by atoms with Crippen molar-refractivity contribution in [2.45, 2.75) is 6.61 Å². The van der Waals surface area contributed by atoms with Crippen molar-refractivity contribution in [1.82, 2.24) is 9.97 Å². The number of methoxy groups -OCH3 is 1. The number of nitrogens with zero attached hydrogens (tertiary/aromatic N) is 3. The highest BCUT2D eigenvalue weighted by Crippen LogP contribution is 2.16. The monoisotopic (exact) mass is 256 g/mol. The molecule has 2 rings (SSSR count). The fourth-order valence-electron chi connectivity index (χ4n) is 1.73. The molecule has 0 amide bonds. The molecule has 7 heteroatoms. The smallest absolute Gasteiger partial charge is 0.158 e. The van der Waals surface area contributed by atoms with Crippen molar-refractivity contribution in [3.8, 4) is 0 Å². The number of hydrogen-bond acceptors (Lipinski definition) is 6. The standard InChI is InChI=1S/C10H16N4O2S/c1-16-7-9-12-8(11)6-10(13-9)14-2-4-17(15)5-3-14/h6H,2-5,7H2,1H3,(H2,11,12,13). The Kier molecular flexibility index (Phi) is 3.90. The zero-order valence-corrected chi connectivity index (χ0v) is 10.6. The van der Waals surface area contributed by atoms with Gasteiger partial charge in [-0.05, 0) is 0 Å². The van der Waals surface area contributed by atoms with Gasteiger partial charge in [0.05, 0.1) is 0 Å². The first-order valence-electron chi connectivity index (χ1n) is 5.41. The summed E-state index contributed by atoms with van der Waals surface area (Å²) < 4.78 is 16.3. The highest BCUT2D eigenvalue weighted by Gasteiger charge is 2.17. The fourth-order valence-corrected chi connectivity index (χ4v) is 2.78. The van der Waals surface area contributed by atoms with Gasteiger partial charge < -0.3 is 15.4 Å². The zero-order chi connectivity index (χ0) is 12.3. The largest absolute Gasteiger partial charge is 0.384 e. The third-order valence-corrected chi connectivity index (χ3v) is 3.83. The van der Waals surface area contributed by atoms with Crippen molar-refractivity contribution >= 4 is 22.4 Å². The SMILES string of the molecule is COCc1nc(N)cc(N2CCS(=O)CC2)n1. The van der Waals surface area contributed by atoms with Crippen LogP contribution < -0.4 is 10.6 Å². The Morgan fingerprint density at radius 3 is 2.82 bits per heavy atom. The van der Waals surface area contributed by atoms with Gasteiger partial charge in [-0.15, -0.1) is 0 Å². The van der Waals surface area contributed by atoms with Gasteiger partial charge in [0.25, 0.3) is 0 Å². The van der Waals surface area contributed by atoms with Crippen LogP contribution in [0.4, 0.5) is 11.6 Å². The van der Waals surface area contributed by atoms with Gasteiger partial charge in [-0.2, -0.15) is 0 Å². The van der Waals surface area contributed by atoms with E-state index in [1.165, 1.54) is 0 Å². The maximum Gasteiger partial charge on any atom is 0.158 e. The van der Waals surface area contributed by atoms with Gasteiger partial charge in [-0.25, -0.2) is 9.97 Å². The number of anilines is 2. The Morgan fingerprint density at radius 2 is 2.18 bits per heavy atom. The Balaban J connectivity index is 2.16. The minimum absolute atomic E-state index is 0.345. The van der Waals surface area contributed by atoms with Gasteiger partial charge in [0.1, 0.15) is 18.2 Å². The molecule has 0 radical (unpaired) electrons. The Hall–Kier alpha value is -1.21. The van der Waals surface area contributed by atoms with Crippen LogP contribution >= 0.6 is 0 Å². The number of nitrogen functional groups attached to an aromatic ring is 1. The van der Waals surface area contributed by atoms with E-state index < -0.39 is 10.8 Å². The molecule has 0 atom stereocenters. The molecular weight excluding hydrogens is 240 g/mol. The molecule has 0 saturated carbocycles. The van der Waals surface area contributed by atoms with Crippen LogP contribution in [-0.4, -0.2) is 45.9 Å². The summed E-state index contributed by atoms with van der Waals surface area (Å²) in [5.41, 5.74) is 5.73. The summed E-state index contributed by atoms with van der Waals surface area (Å²) in [4.78, 5) is 10.6. The molecule has 2 heterocycles. The minimum atomic E-state index is -0.690. The first kappa shape index (κ1) is 12.3. The molecule has 1 aromatic rings. The summed E-state index contributed by atoms with van der Waals surface area (Å²) in [7, 11) is 0.904. The maximum atomic E-state index is 11.3. The van der Waals surface area contributed by atoms with E-state index in [2.05, 4.69) is 14.9 Å². The summed E-state index contributed by atoms with van der Waals surface area (Å²) in [5, 5.41) is 0. The maximum absolute atomic E-state index is 11.3. The highest BCUT2D eigenvalue weighted by atomic mass is 32.2. The van der Waals surface area contributed by atoms with Crippen molar-refractivity contribution in [2.75, 3.05) is 42.3 Å². The number of nitrogens with two attached hydrogens (primary N) is 1. The summed E-state index contributed by atoms with van der Waals surface area (Å²) in [6, 6.07) is 1.74. The predicted molar refractivity (Wildman–Crippen MR) is 67.2 cm³/mol. The van der Waals surface area contributed by atoms with Crippen molar-refractivity contribution in [2.24, 2.45) is 0 Å². The normalized spacial score (nSPS) is 17.4. The highest BCUT2D eigenvalue weighted by molar-refractivity contribution is 7.85. The lowest BCUT2D eigenvalue weighted by molar-refractivity contribution is 0.178.